The molecule has 1 saturated heterocycles. The van der Waals surface area contributed by atoms with Crippen LogP contribution in [0.2, 0.25) is 0 Å². The van der Waals surface area contributed by atoms with Gasteiger partial charge in [0.05, 0.1) is 29.9 Å². The molecule has 0 radical (unpaired) electrons. The summed E-state index contributed by atoms with van der Waals surface area (Å²) in [5.74, 6) is 3.18. The zero-order chi connectivity index (χ0) is 21.7. The van der Waals surface area contributed by atoms with Crippen molar-refractivity contribution < 1.29 is 27.6 Å². The average molecular weight is 436 g/mol. The number of amidine groups is 1. The molecule has 1 aromatic rings. The van der Waals surface area contributed by atoms with Crippen molar-refractivity contribution in [1.29, 1.82) is 0 Å². The molecule has 1 amide bonds. The Hall–Kier alpha value is -3.29. The highest BCUT2D eigenvalue weighted by molar-refractivity contribution is 8.41. The summed E-state index contributed by atoms with van der Waals surface area (Å²) in [6.07, 6.45) is 1.86. The fraction of sp³-hybridized carbons (Fsp3) is 0.294. The highest BCUT2D eigenvalue weighted by Crippen LogP contribution is 2.62. The lowest BCUT2D eigenvalue weighted by Crippen LogP contribution is -2.30. The van der Waals surface area contributed by atoms with Gasteiger partial charge in [-0.2, -0.15) is 10.2 Å². The average Bonchev–Trinajstić information content (AvgIpc) is 3.21. The van der Waals surface area contributed by atoms with Gasteiger partial charge in [0.15, 0.2) is 0 Å². The fourth-order valence-corrected chi connectivity index (χ4v) is 4.17. The number of carbonyl (C=O) groups is 3. The SMILES string of the molecule is CCCON(N)/C=N/C1=NC(c2cccc(CNC(C)=O)n2)=CS12OC(=O)C(=O)O2. The van der Waals surface area contributed by atoms with E-state index in [9.17, 15) is 14.4 Å². The predicted molar refractivity (Wildman–Crippen MR) is 108 cm³/mol. The number of pyridine rings is 1. The van der Waals surface area contributed by atoms with Gasteiger partial charge in [-0.3, -0.25) is 9.63 Å². The summed E-state index contributed by atoms with van der Waals surface area (Å²) < 4.78 is 10.4. The van der Waals surface area contributed by atoms with Crippen LogP contribution in [0.4, 0.5) is 0 Å². The number of hydroxylamine groups is 1. The van der Waals surface area contributed by atoms with Crippen molar-refractivity contribution in [2.45, 2.75) is 26.8 Å². The molecule has 2 aliphatic rings. The van der Waals surface area contributed by atoms with Gasteiger partial charge in [0.25, 0.3) is 5.17 Å². The van der Waals surface area contributed by atoms with E-state index in [-0.39, 0.29) is 17.6 Å². The Morgan fingerprint density at radius 1 is 1.37 bits per heavy atom. The first-order valence-corrected chi connectivity index (χ1v) is 10.4. The first kappa shape index (κ1) is 21.4. The molecule has 12 nitrogen and oxygen atoms in total. The first-order valence-electron chi connectivity index (χ1n) is 8.85. The maximum atomic E-state index is 11.7. The van der Waals surface area contributed by atoms with Gasteiger partial charge in [0, 0.05) is 6.92 Å². The molecule has 0 saturated carbocycles. The van der Waals surface area contributed by atoms with E-state index in [4.69, 9.17) is 19.0 Å². The van der Waals surface area contributed by atoms with Gasteiger partial charge in [-0.05, 0) is 29.1 Å². The third-order valence-electron chi connectivity index (χ3n) is 3.62. The molecule has 0 unspecified atom stereocenters. The fourth-order valence-electron chi connectivity index (χ4n) is 2.32. The van der Waals surface area contributed by atoms with E-state index >= 15 is 0 Å². The van der Waals surface area contributed by atoms with Crippen molar-refractivity contribution >= 4 is 45.6 Å². The Balaban J connectivity index is 1.89. The number of amides is 1. The van der Waals surface area contributed by atoms with Crippen molar-refractivity contribution in [2.24, 2.45) is 15.8 Å². The zero-order valence-corrected chi connectivity index (χ0v) is 17.0. The van der Waals surface area contributed by atoms with Crippen LogP contribution >= 0.6 is 10.6 Å². The monoisotopic (exact) mass is 436 g/mol. The molecule has 0 bridgehead atoms. The molecule has 0 atom stereocenters. The molecule has 1 aromatic heterocycles. The first-order chi connectivity index (χ1) is 14.3. The summed E-state index contributed by atoms with van der Waals surface area (Å²) >= 11 is 0. The van der Waals surface area contributed by atoms with Gasteiger partial charge in [-0.25, -0.2) is 25.4 Å². The topological polar surface area (TPSA) is 158 Å². The number of nitrogens with zero attached hydrogens (tertiary/aromatic N) is 4. The van der Waals surface area contributed by atoms with Crippen LogP contribution < -0.4 is 11.2 Å². The maximum absolute atomic E-state index is 11.7. The van der Waals surface area contributed by atoms with Crippen LogP contribution in [0, 0.1) is 0 Å². The van der Waals surface area contributed by atoms with E-state index < -0.39 is 22.5 Å². The lowest BCUT2D eigenvalue weighted by atomic mass is 10.2. The molecule has 3 N–H and O–H groups in total. The van der Waals surface area contributed by atoms with E-state index in [1.807, 2.05) is 6.92 Å². The van der Waals surface area contributed by atoms with Gasteiger partial charge in [-0.15, -0.1) is 0 Å². The molecule has 2 aliphatic heterocycles. The molecular formula is C17H20N6O6S. The predicted octanol–water partition coefficient (Wildman–Crippen LogP) is 0.666. The number of carbonyl (C=O) groups excluding carboxylic acids is 3. The third-order valence-corrected chi connectivity index (χ3v) is 5.65. The summed E-state index contributed by atoms with van der Waals surface area (Å²) in [7, 11) is -2.97. The Morgan fingerprint density at radius 2 is 2.10 bits per heavy atom. The van der Waals surface area contributed by atoms with Crippen LogP contribution in [0.25, 0.3) is 5.70 Å². The van der Waals surface area contributed by atoms with Crippen molar-refractivity contribution in [2.75, 3.05) is 6.61 Å². The highest BCUT2D eigenvalue weighted by atomic mass is 32.3. The molecule has 160 valence electrons. The van der Waals surface area contributed by atoms with E-state index in [0.29, 0.717) is 23.7 Å². The quantitative estimate of drug-likeness (QED) is 0.206. The van der Waals surface area contributed by atoms with Crippen molar-refractivity contribution in [3.63, 3.8) is 0 Å². The summed E-state index contributed by atoms with van der Waals surface area (Å²) in [6.45, 7) is 3.90. The minimum Gasteiger partial charge on any atom is -0.351 e. The van der Waals surface area contributed by atoms with Crippen molar-refractivity contribution in [3.05, 3.63) is 35.0 Å². The molecule has 0 aliphatic carbocycles. The molecule has 30 heavy (non-hydrogen) atoms. The number of hydrazine groups is 1. The lowest BCUT2D eigenvalue weighted by molar-refractivity contribution is -0.150. The zero-order valence-electron chi connectivity index (χ0n) is 16.2. The molecule has 1 spiro atoms. The lowest BCUT2D eigenvalue weighted by Gasteiger charge is -2.26. The summed E-state index contributed by atoms with van der Waals surface area (Å²) in [5.41, 5.74) is 1.30. The number of aliphatic imine (C=N–C) groups is 2. The number of hydrogen-bond donors (Lipinski definition) is 2. The minimum atomic E-state index is -2.97. The largest absolute Gasteiger partial charge is 0.442 e. The number of rotatable bonds is 7. The molecule has 13 heteroatoms. The van der Waals surface area contributed by atoms with Crippen LogP contribution in [-0.4, -0.2) is 46.1 Å². The van der Waals surface area contributed by atoms with Crippen LogP contribution in [0.15, 0.2) is 33.6 Å². The Labute approximate surface area is 173 Å². The molecular weight excluding hydrogens is 416 g/mol. The Morgan fingerprint density at radius 3 is 2.77 bits per heavy atom. The number of nitrogens with two attached hydrogens (primary N) is 1. The maximum Gasteiger partial charge on any atom is 0.442 e. The van der Waals surface area contributed by atoms with E-state index in [0.717, 1.165) is 17.9 Å². The smallest absolute Gasteiger partial charge is 0.351 e. The molecule has 3 rings (SSSR count). The summed E-state index contributed by atoms with van der Waals surface area (Å²) in [5, 5.41) is 4.88. The second-order valence-electron chi connectivity index (χ2n) is 6.05. The number of aromatic nitrogens is 1. The van der Waals surface area contributed by atoms with Gasteiger partial charge >= 0.3 is 11.9 Å². The van der Waals surface area contributed by atoms with E-state index in [1.54, 1.807) is 18.2 Å². The second kappa shape index (κ2) is 9.02. The number of nitrogens with one attached hydrogen (secondary N) is 1. The van der Waals surface area contributed by atoms with Crippen molar-refractivity contribution in [1.82, 2.24) is 15.5 Å². The second-order valence-corrected chi connectivity index (χ2v) is 8.07. The van der Waals surface area contributed by atoms with E-state index in [1.165, 1.54) is 12.3 Å². The van der Waals surface area contributed by atoms with Gasteiger partial charge in [-0.1, -0.05) is 13.0 Å². The Bertz CT molecular complexity index is 946. The van der Waals surface area contributed by atoms with Gasteiger partial charge in [0.1, 0.15) is 12.0 Å². The van der Waals surface area contributed by atoms with Gasteiger partial charge in [0.2, 0.25) is 5.91 Å². The molecule has 0 aromatic carbocycles. The van der Waals surface area contributed by atoms with Crippen molar-refractivity contribution in [3.8, 4) is 0 Å². The van der Waals surface area contributed by atoms with Gasteiger partial charge < -0.3 is 13.7 Å². The standard InChI is InChI=1S/C17H20N6O6S/c1-3-7-27-23(18)10-20-17-22-14(9-30(17)28-15(25)16(26)29-30)13-6-4-5-12(21-13)8-19-11(2)24/h4-6,9-10H,3,7-8,18H2,1-2H3,(H,19,24)/b20-10+. The van der Waals surface area contributed by atoms with Crippen LogP contribution in [0.5, 0.6) is 0 Å². The number of hydrogen-bond acceptors (Lipinski definition) is 10. The Kier molecular flexibility index (Phi) is 6.44. The molecule has 1 fully saturated rings. The van der Waals surface area contributed by atoms with E-state index in [2.05, 4.69) is 20.3 Å². The highest BCUT2D eigenvalue weighted by Gasteiger charge is 2.47. The van der Waals surface area contributed by atoms with Crippen LogP contribution in [0.3, 0.4) is 0 Å². The minimum absolute atomic E-state index is 0.0543. The molecule has 3 heterocycles. The normalized spacial score (nSPS) is 18.1. The third kappa shape index (κ3) is 4.82. The van der Waals surface area contributed by atoms with Crippen LogP contribution in [0.1, 0.15) is 31.7 Å². The summed E-state index contributed by atoms with van der Waals surface area (Å²) in [4.78, 5) is 52.5. The summed E-state index contributed by atoms with van der Waals surface area (Å²) in [6, 6.07) is 5.13. The van der Waals surface area contributed by atoms with Crippen LogP contribution in [-0.2, 0) is 34.1 Å².